The van der Waals surface area contributed by atoms with Crippen LogP contribution in [0.15, 0.2) is 48.5 Å². The van der Waals surface area contributed by atoms with Crippen molar-refractivity contribution in [2.24, 2.45) is 11.3 Å². The van der Waals surface area contributed by atoms with Gasteiger partial charge in [-0.3, -0.25) is 14.5 Å². The number of imide groups is 1. The van der Waals surface area contributed by atoms with Crippen LogP contribution in [0.25, 0.3) is 0 Å². The van der Waals surface area contributed by atoms with E-state index < -0.39 is 5.41 Å². The summed E-state index contributed by atoms with van der Waals surface area (Å²) in [4.78, 5) is 28.8. The van der Waals surface area contributed by atoms with Crippen molar-refractivity contribution in [1.29, 1.82) is 0 Å². The Morgan fingerprint density at radius 2 is 1.61 bits per heavy atom. The van der Waals surface area contributed by atoms with E-state index in [1.807, 2.05) is 31.2 Å². The lowest BCUT2D eigenvalue weighted by atomic mass is 9.48. The van der Waals surface area contributed by atoms with Gasteiger partial charge in [0.2, 0.25) is 11.8 Å². The van der Waals surface area contributed by atoms with Gasteiger partial charge in [0, 0.05) is 18.4 Å². The fraction of sp³-hybridized carbons (Fsp3) is 0.417. The zero-order valence-corrected chi connectivity index (χ0v) is 15.9. The molecule has 2 aromatic rings. The molecular formula is C24H23NO3. The molecule has 3 unspecified atom stereocenters. The molecule has 4 heteroatoms. The van der Waals surface area contributed by atoms with Crippen LogP contribution in [0.3, 0.4) is 0 Å². The fourth-order valence-electron chi connectivity index (χ4n) is 6.36. The number of ether oxygens (including phenoxy) is 1. The van der Waals surface area contributed by atoms with Gasteiger partial charge in [0.15, 0.2) is 0 Å². The molecule has 2 heterocycles. The van der Waals surface area contributed by atoms with Gasteiger partial charge in [0.1, 0.15) is 0 Å². The first-order valence-electron chi connectivity index (χ1n) is 10.3. The summed E-state index contributed by atoms with van der Waals surface area (Å²) >= 11 is 0. The normalized spacial score (nSPS) is 35.1. The van der Waals surface area contributed by atoms with Gasteiger partial charge < -0.3 is 4.74 Å². The number of benzene rings is 2. The predicted octanol–water partition coefficient (Wildman–Crippen LogP) is 3.45. The maximum Gasteiger partial charge on any atom is 0.237 e. The highest BCUT2D eigenvalue weighted by Crippen LogP contribution is 2.66. The molecule has 2 saturated heterocycles. The van der Waals surface area contributed by atoms with Crippen LogP contribution in [-0.4, -0.2) is 36.0 Å². The average molecular weight is 373 g/mol. The molecule has 3 aliphatic carbocycles. The Balaban J connectivity index is 1.53. The predicted molar refractivity (Wildman–Crippen MR) is 104 cm³/mol. The third-order valence-electron chi connectivity index (χ3n) is 7.51. The van der Waals surface area contributed by atoms with Gasteiger partial charge in [-0.2, -0.15) is 0 Å². The largest absolute Gasteiger partial charge is 0.376 e. The van der Waals surface area contributed by atoms with Crippen molar-refractivity contribution in [3.63, 3.8) is 0 Å². The zero-order chi connectivity index (χ0) is 19.0. The van der Waals surface area contributed by atoms with Gasteiger partial charge in [0.25, 0.3) is 0 Å². The Morgan fingerprint density at radius 1 is 1.00 bits per heavy atom. The van der Waals surface area contributed by atoms with Crippen molar-refractivity contribution < 1.29 is 14.3 Å². The van der Waals surface area contributed by atoms with Crippen molar-refractivity contribution in [2.45, 2.75) is 37.7 Å². The molecule has 0 saturated carbocycles. The SMILES string of the molecule is CC12C(=O)N(CC3CCCO3)C(=O)C1C1c3ccccc3C2c2ccccc21. The fourth-order valence-corrected chi connectivity index (χ4v) is 6.36. The molecule has 2 bridgehead atoms. The van der Waals surface area contributed by atoms with Crippen LogP contribution < -0.4 is 0 Å². The van der Waals surface area contributed by atoms with E-state index in [-0.39, 0.29) is 35.7 Å². The summed E-state index contributed by atoms with van der Waals surface area (Å²) in [5.41, 5.74) is 4.14. The lowest BCUT2D eigenvalue weighted by Crippen LogP contribution is -2.49. The Kier molecular flexibility index (Phi) is 3.26. The first kappa shape index (κ1) is 16.5. The molecular weight excluding hydrogens is 350 g/mol. The number of hydrogen-bond donors (Lipinski definition) is 0. The monoisotopic (exact) mass is 373 g/mol. The number of carbonyl (C=O) groups is 2. The summed E-state index contributed by atoms with van der Waals surface area (Å²) in [5, 5.41) is 0. The number of amides is 2. The Morgan fingerprint density at radius 3 is 2.18 bits per heavy atom. The van der Waals surface area contributed by atoms with Crippen molar-refractivity contribution >= 4 is 11.8 Å². The zero-order valence-electron chi connectivity index (χ0n) is 15.9. The van der Waals surface area contributed by atoms with Crippen molar-refractivity contribution in [3.8, 4) is 0 Å². The molecule has 0 N–H and O–H groups in total. The smallest absolute Gasteiger partial charge is 0.237 e. The summed E-state index contributed by atoms with van der Waals surface area (Å²) in [6.45, 7) is 3.15. The van der Waals surface area contributed by atoms with Crippen LogP contribution >= 0.6 is 0 Å². The maximum absolute atomic E-state index is 13.7. The van der Waals surface area contributed by atoms with E-state index in [9.17, 15) is 9.59 Å². The topological polar surface area (TPSA) is 46.6 Å². The van der Waals surface area contributed by atoms with Crippen molar-refractivity contribution in [1.82, 2.24) is 4.90 Å². The number of nitrogens with zero attached hydrogens (tertiary/aromatic N) is 1. The molecule has 2 amide bonds. The summed E-state index contributed by atoms with van der Waals surface area (Å²) in [6, 6.07) is 16.8. The number of likely N-dealkylation sites (tertiary alicyclic amines) is 1. The van der Waals surface area contributed by atoms with Crippen LogP contribution in [0, 0.1) is 11.3 Å². The van der Waals surface area contributed by atoms with Gasteiger partial charge in [-0.1, -0.05) is 48.5 Å². The second kappa shape index (κ2) is 5.54. The van der Waals surface area contributed by atoms with Gasteiger partial charge in [-0.15, -0.1) is 0 Å². The third-order valence-corrected chi connectivity index (χ3v) is 7.51. The van der Waals surface area contributed by atoms with E-state index in [0.717, 1.165) is 19.4 Å². The van der Waals surface area contributed by atoms with E-state index in [1.165, 1.54) is 27.2 Å². The average Bonchev–Trinajstić information content (AvgIpc) is 3.30. The second-order valence-corrected chi connectivity index (χ2v) is 8.82. The van der Waals surface area contributed by atoms with Crippen LogP contribution in [0.2, 0.25) is 0 Å². The lowest BCUT2D eigenvalue weighted by molar-refractivity contribution is -0.143. The Labute approximate surface area is 164 Å². The number of hydrogen-bond acceptors (Lipinski definition) is 3. The van der Waals surface area contributed by atoms with Crippen molar-refractivity contribution in [2.75, 3.05) is 13.2 Å². The van der Waals surface area contributed by atoms with Crippen LogP contribution in [0.5, 0.6) is 0 Å². The lowest BCUT2D eigenvalue weighted by Gasteiger charge is -2.51. The minimum absolute atomic E-state index is 0.0120. The highest BCUT2D eigenvalue weighted by molar-refractivity contribution is 6.10. The van der Waals surface area contributed by atoms with Crippen LogP contribution in [0.4, 0.5) is 0 Å². The first-order chi connectivity index (χ1) is 13.6. The first-order valence-corrected chi connectivity index (χ1v) is 10.3. The van der Waals surface area contributed by atoms with E-state index in [0.29, 0.717) is 6.54 Å². The molecule has 28 heavy (non-hydrogen) atoms. The molecule has 142 valence electrons. The Hall–Kier alpha value is -2.46. The molecule has 7 rings (SSSR count). The van der Waals surface area contributed by atoms with Crippen LogP contribution in [-0.2, 0) is 14.3 Å². The molecule has 0 radical (unpaired) electrons. The van der Waals surface area contributed by atoms with Crippen LogP contribution in [0.1, 0.15) is 53.9 Å². The summed E-state index contributed by atoms with van der Waals surface area (Å²) in [7, 11) is 0. The standard InChI is InChI=1S/C24H23NO3/c1-24-20-17-10-4-2-8-15(17)19(16-9-3-5-11-18(16)20)21(24)22(26)25(23(24)27)13-14-7-6-12-28-14/h2-5,8-11,14,19-21H,6-7,12-13H2,1H3. The number of carbonyl (C=O) groups excluding carboxylic acids is 2. The molecule has 0 spiro atoms. The number of rotatable bonds is 2. The van der Waals surface area contributed by atoms with E-state index >= 15 is 0 Å². The molecule has 2 aliphatic heterocycles. The summed E-state index contributed by atoms with van der Waals surface area (Å²) < 4.78 is 5.74. The molecule has 5 aliphatic rings. The quantitative estimate of drug-likeness (QED) is 0.758. The van der Waals surface area contributed by atoms with Gasteiger partial charge >= 0.3 is 0 Å². The highest BCUT2D eigenvalue weighted by Gasteiger charge is 2.68. The molecule has 0 aromatic heterocycles. The van der Waals surface area contributed by atoms with Crippen molar-refractivity contribution in [3.05, 3.63) is 70.8 Å². The van der Waals surface area contributed by atoms with Gasteiger partial charge in [0.05, 0.1) is 24.0 Å². The Bertz CT molecular complexity index is 961. The summed E-state index contributed by atoms with van der Waals surface area (Å²) in [6.07, 6.45) is 1.91. The van der Waals surface area contributed by atoms with E-state index in [4.69, 9.17) is 4.74 Å². The molecule has 4 nitrogen and oxygen atoms in total. The molecule has 3 atom stereocenters. The minimum Gasteiger partial charge on any atom is -0.376 e. The summed E-state index contributed by atoms with van der Waals surface area (Å²) in [5.74, 6) is -0.468. The third kappa shape index (κ3) is 1.84. The second-order valence-electron chi connectivity index (χ2n) is 8.82. The highest BCUT2D eigenvalue weighted by atomic mass is 16.5. The molecule has 2 fully saturated rings. The van der Waals surface area contributed by atoms with Gasteiger partial charge in [-0.25, -0.2) is 0 Å². The van der Waals surface area contributed by atoms with Gasteiger partial charge in [-0.05, 0) is 42.0 Å². The van der Waals surface area contributed by atoms with E-state index in [1.54, 1.807) is 0 Å². The maximum atomic E-state index is 13.7. The minimum atomic E-state index is -0.719. The molecule has 2 aromatic carbocycles. The van der Waals surface area contributed by atoms with E-state index in [2.05, 4.69) is 24.3 Å².